The summed E-state index contributed by atoms with van der Waals surface area (Å²) in [6.45, 7) is 7.14. The molecular weight excluding hydrogens is 576 g/mol. The highest BCUT2D eigenvalue weighted by Crippen LogP contribution is 2.33. The number of aliphatic hydroxyl groups excluding tert-OH is 2. The van der Waals surface area contributed by atoms with Crippen molar-refractivity contribution in [3.63, 3.8) is 0 Å². The van der Waals surface area contributed by atoms with Crippen LogP contribution in [-0.2, 0) is 22.6 Å². The lowest BCUT2D eigenvalue weighted by atomic mass is 10.1. The number of carbonyl (C=O) groups excluding carboxylic acids is 1. The van der Waals surface area contributed by atoms with Crippen molar-refractivity contribution in [2.75, 3.05) is 11.9 Å². The van der Waals surface area contributed by atoms with Crippen molar-refractivity contribution < 1.29 is 24.5 Å². The molecule has 7 rings (SSSR count). The lowest BCUT2D eigenvalue weighted by Crippen LogP contribution is -2.43. The molecule has 45 heavy (non-hydrogen) atoms. The van der Waals surface area contributed by atoms with Gasteiger partial charge in [0.15, 0.2) is 40.7 Å². The average Bonchev–Trinajstić information content (AvgIpc) is 3.53. The van der Waals surface area contributed by atoms with Crippen LogP contribution in [0.5, 0.6) is 5.75 Å². The quantitative estimate of drug-likeness (QED) is 0.185. The minimum absolute atomic E-state index is 0.105. The van der Waals surface area contributed by atoms with E-state index >= 15 is 0 Å². The number of imidazole rings is 2. The molecule has 2 aliphatic rings. The maximum Gasteiger partial charge on any atom is 0.252 e. The average molecular weight is 613 g/mol. The van der Waals surface area contributed by atoms with E-state index in [1.807, 2.05) is 25.3 Å². The van der Waals surface area contributed by atoms with Crippen molar-refractivity contribution >= 4 is 28.5 Å². The smallest absolute Gasteiger partial charge is 0.252 e. The minimum Gasteiger partial charge on any atom is -0.485 e. The SMILES string of the molecule is Cc1ccc(C)c(COc2cccn3c(CCNc4ncnc5c4ncn5C4OC(C(=O)NC5CC5)C(O)C4O)c(C)nc23)c1. The van der Waals surface area contributed by atoms with Crippen LogP contribution in [0.1, 0.15) is 47.1 Å². The molecule has 5 heterocycles. The van der Waals surface area contributed by atoms with E-state index in [1.165, 1.54) is 28.3 Å². The number of anilines is 1. The van der Waals surface area contributed by atoms with Gasteiger partial charge in [0.2, 0.25) is 0 Å². The van der Waals surface area contributed by atoms with E-state index in [0.29, 0.717) is 36.6 Å². The third kappa shape index (κ3) is 5.58. The Morgan fingerprint density at radius 1 is 1.09 bits per heavy atom. The molecule has 2 fully saturated rings. The monoisotopic (exact) mass is 612 g/mol. The third-order valence-corrected chi connectivity index (χ3v) is 8.51. The first-order valence-electron chi connectivity index (χ1n) is 15.2. The number of ether oxygens (including phenoxy) is 2. The first-order valence-corrected chi connectivity index (χ1v) is 15.2. The van der Waals surface area contributed by atoms with E-state index < -0.39 is 30.4 Å². The summed E-state index contributed by atoms with van der Waals surface area (Å²) in [5.41, 5.74) is 7.12. The molecule has 0 spiro atoms. The number of hydrogen-bond donors (Lipinski definition) is 4. The van der Waals surface area contributed by atoms with E-state index in [4.69, 9.17) is 14.5 Å². The molecule has 1 aromatic carbocycles. The molecule has 0 bridgehead atoms. The van der Waals surface area contributed by atoms with Gasteiger partial charge in [-0.1, -0.05) is 23.8 Å². The zero-order valence-corrected chi connectivity index (χ0v) is 25.3. The Hall–Kier alpha value is -4.59. The number of nitrogens with one attached hydrogen (secondary N) is 2. The van der Waals surface area contributed by atoms with Crippen molar-refractivity contribution in [3.8, 4) is 5.75 Å². The Balaban J connectivity index is 1.05. The van der Waals surface area contributed by atoms with Crippen LogP contribution in [0.15, 0.2) is 49.2 Å². The molecule has 1 amide bonds. The zero-order chi connectivity index (χ0) is 31.2. The molecule has 4 unspecified atom stereocenters. The minimum atomic E-state index is -1.38. The number of hydrogen-bond acceptors (Lipinski definition) is 10. The van der Waals surface area contributed by atoms with Crippen LogP contribution in [0.4, 0.5) is 5.82 Å². The second-order valence-electron chi connectivity index (χ2n) is 11.9. The first kappa shape index (κ1) is 29.1. The number of pyridine rings is 1. The highest BCUT2D eigenvalue weighted by Gasteiger charge is 2.48. The molecule has 1 aliphatic carbocycles. The molecule has 5 aromatic rings. The van der Waals surface area contributed by atoms with E-state index in [9.17, 15) is 15.0 Å². The maximum absolute atomic E-state index is 12.6. The van der Waals surface area contributed by atoms with E-state index in [0.717, 1.165) is 41.2 Å². The largest absolute Gasteiger partial charge is 0.485 e. The first-order chi connectivity index (χ1) is 21.8. The Labute approximate surface area is 259 Å². The number of rotatable bonds is 10. The summed E-state index contributed by atoms with van der Waals surface area (Å²) >= 11 is 0. The number of aliphatic hydroxyl groups is 2. The lowest BCUT2D eigenvalue weighted by molar-refractivity contribution is -0.137. The predicted octanol–water partition coefficient (Wildman–Crippen LogP) is 2.53. The van der Waals surface area contributed by atoms with Gasteiger partial charge in [-0.05, 0) is 56.9 Å². The lowest BCUT2D eigenvalue weighted by Gasteiger charge is -2.16. The maximum atomic E-state index is 12.6. The number of benzene rings is 1. The van der Waals surface area contributed by atoms with Crippen LogP contribution in [-0.4, -0.2) is 75.9 Å². The second kappa shape index (κ2) is 11.7. The summed E-state index contributed by atoms with van der Waals surface area (Å²) < 4.78 is 15.6. The van der Waals surface area contributed by atoms with Crippen molar-refractivity contribution in [1.29, 1.82) is 0 Å². The highest BCUT2D eigenvalue weighted by molar-refractivity contribution is 5.84. The molecule has 0 radical (unpaired) electrons. The molecule has 1 saturated heterocycles. The van der Waals surface area contributed by atoms with Gasteiger partial charge in [0.1, 0.15) is 25.1 Å². The number of nitrogens with zero attached hydrogens (tertiary/aromatic N) is 6. The number of amides is 1. The van der Waals surface area contributed by atoms with Crippen LogP contribution >= 0.6 is 0 Å². The van der Waals surface area contributed by atoms with Gasteiger partial charge in [0.25, 0.3) is 5.91 Å². The Kier molecular flexibility index (Phi) is 7.59. The summed E-state index contributed by atoms with van der Waals surface area (Å²) in [6.07, 6.45) is 2.38. The topological polar surface area (TPSA) is 161 Å². The van der Waals surface area contributed by atoms with Gasteiger partial charge in [-0.25, -0.2) is 19.9 Å². The summed E-state index contributed by atoms with van der Waals surface area (Å²) in [5, 5.41) is 27.5. The fraction of sp³-hybridized carbons (Fsp3) is 0.406. The molecule has 4 atom stereocenters. The van der Waals surface area contributed by atoms with Crippen molar-refractivity contribution in [1.82, 2.24) is 34.2 Å². The van der Waals surface area contributed by atoms with Gasteiger partial charge in [0.05, 0.1) is 12.0 Å². The Bertz CT molecular complexity index is 1880. The van der Waals surface area contributed by atoms with Crippen molar-refractivity contribution in [3.05, 3.63) is 77.3 Å². The molecular formula is C32H36N8O5. The van der Waals surface area contributed by atoms with Gasteiger partial charge in [0, 0.05) is 30.9 Å². The number of fused-ring (bicyclic) bond motifs is 2. The third-order valence-electron chi connectivity index (χ3n) is 8.51. The summed E-state index contributed by atoms with van der Waals surface area (Å²) in [6, 6.07) is 10.4. The summed E-state index contributed by atoms with van der Waals surface area (Å²) in [4.78, 5) is 30.6. The Morgan fingerprint density at radius 2 is 1.93 bits per heavy atom. The van der Waals surface area contributed by atoms with Gasteiger partial charge < -0.3 is 34.7 Å². The van der Waals surface area contributed by atoms with Gasteiger partial charge in [-0.15, -0.1) is 0 Å². The molecule has 1 aliphatic heterocycles. The Morgan fingerprint density at radius 3 is 2.76 bits per heavy atom. The number of carbonyl (C=O) groups is 1. The van der Waals surface area contributed by atoms with E-state index in [-0.39, 0.29) is 6.04 Å². The molecule has 13 heteroatoms. The van der Waals surface area contributed by atoms with Crippen LogP contribution in [0.25, 0.3) is 16.8 Å². The van der Waals surface area contributed by atoms with Crippen LogP contribution in [0.2, 0.25) is 0 Å². The molecule has 234 valence electrons. The van der Waals surface area contributed by atoms with Gasteiger partial charge in [-0.3, -0.25) is 9.36 Å². The van der Waals surface area contributed by atoms with E-state index in [2.05, 4.69) is 62.0 Å². The standard InChI is InChI=1S/C32H36N8O5/c1-17-6-7-18(2)20(13-17)14-44-23-5-4-12-39-22(19(3)37-29(23)39)10-11-33-28-24-30(35-15-34-28)40(16-36-24)32-26(42)25(41)27(45-32)31(43)38-21-8-9-21/h4-7,12-13,15-16,21,25-27,32,41-42H,8-11,14H2,1-3H3,(H,38,43)(H,33,34,35). The van der Waals surface area contributed by atoms with Crippen LogP contribution in [0.3, 0.4) is 0 Å². The molecule has 4 aromatic heterocycles. The van der Waals surface area contributed by atoms with Crippen molar-refractivity contribution in [2.24, 2.45) is 0 Å². The van der Waals surface area contributed by atoms with Crippen molar-refractivity contribution in [2.45, 2.75) is 77.2 Å². The molecule has 4 N–H and O–H groups in total. The zero-order valence-electron chi connectivity index (χ0n) is 25.3. The fourth-order valence-electron chi connectivity index (χ4n) is 5.81. The van der Waals surface area contributed by atoms with E-state index in [1.54, 1.807) is 0 Å². The molecule has 13 nitrogen and oxygen atoms in total. The summed E-state index contributed by atoms with van der Waals surface area (Å²) in [5.74, 6) is 0.798. The second-order valence-corrected chi connectivity index (χ2v) is 11.9. The number of aryl methyl sites for hydroxylation is 3. The predicted molar refractivity (Wildman–Crippen MR) is 165 cm³/mol. The van der Waals surface area contributed by atoms with Gasteiger partial charge >= 0.3 is 0 Å². The van der Waals surface area contributed by atoms with Gasteiger partial charge in [-0.2, -0.15) is 0 Å². The summed E-state index contributed by atoms with van der Waals surface area (Å²) in [7, 11) is 0. The normalized spacial score (nSPS) is 21.4. The fourth-order valence-corrected chi connectivity index (χ4v) is 5.81. The molecule has 1 saturated carbocycles. The van der Waals surface area contributed by atoms with Crippen LogP contribution in [0, 0.1) is 20.8 Å². The highest BCUT2D eigenvalue weighted by atomic mass is 16.6. The van der Waals surface area contributed by atoms with Crippen LogP contribution < -0.4 is 15.4 Å². The number of aromatic nitrogens is 6.